The first kappa shape index (κ1) is 12.7. The molecule has 0 saturated carbocycles. The van der Waals surface area contributed by atoms with Gasteiger partial charge in [0.15, 0.2) is 0 Å². The van der Waals surface area contributed by atoms with Gasteiger partial charge in [0.1, 0.15) is 5.56 Å². The molecule has 0 fully saturated rings. The van der Waals surface area contributed by atoms with Gasteiger partial charge < -0.3 is 4.52 Å². The van der Waals surface area contributed by atoms with Gasteiger partial charge in [-0.2, -0.15) is 17.6 Å². The minimum Gasteiger partial charge on any atom is -0.349 e. The molecule has 1 rings (SSSR count). The van der Waals surface area contributed by atoms with Gasteiger partial charge in [-0.3, -0.25) is 4.79 Å². The van der Waals surface area contributed by atoms with Crippen LogP contribution in [0.1, 0.15) is 35.7 Å². The fourth-order valence-electron chi connectivity index (χ4n) is 1.28. The van der Waals surface area contributed by atoms with E-state index in [0.717, 1.165) is 0 Å². The Labute approximate surface area is 88.4 Å². The van der Waals surface area contributed by atoms with Crippen molar-refractivity contribution in [1.82, 2.24) is 5.16 Å². The molecule has 90 valence electrons. The van der Waals surface area contributed by atoms with Gasteiger partial charge in [-0.15, -0.1) is 0 Å². The molecule has 16 heavy (non-hydrogen) atoms. The molecule has 0 atom stereocenters. The third-order valence-corrected chi connectivity index (χ3v) is 1.83. The molecule has 0 radical (unpaired) electrons. The summed E-state index contributed by atoms with van der Waals surface area (Å²) in [7, 11) is 0. The first-order valence-electron chi connectivity index (χ1n) is 4.49. The molecule has 0 saturated heterocycles. The van der Waals surface area contributed by atoms with Gasteiger partial charge in [-0.05, 0) is 12.3 Å². The molecular weight excluding hydrogens is 230 g/mol. The largest absolute Gasteiger partial charge is 0.422 e. The predicted molar refractivity (Wildman–Crippen MR) is 45.5 cm³/mol. The minimum atomic E-state index is -4.85. The Hall–Kier alpha value is -1.40. The number of halogens is 4. The van der Waals surface area contributed by atoms with Gasteiger partial charge in [0.2, 0.25) is 5.76 Å². The van der Waals surface area contributed by atoms with E-state index in [-0.39, 0.29) is 12.3 Å². The Morgan fingerprint density at radius 2 is 2.00 bits per heavy atom. The van der Waals surface area contributed by atoms with E-state index in [9.17, 15) is 22.4 Å². The van der Waals surface area contributed by atoms with Crippen molar-refractivity contribution in [3.8, 4) is 0 Å². The van der Waals surface area contributed by atoms with E-state index in [0.29, 0.717) is 0 Å². The highest BCUT2D eigenvalue weighted by molar-refractivity contribution is 5.87. The standard InChI is InChI=1S/C9H9F4NO2/c1-4(2)3-5-6(9(11,12)13)7(8(10)15)16-14-5/h4H,3H2,1-2H3. The van der Waals surface area contributed by atoms with Gasteiger partial charge >= 0.3 is 12.2 Å². The SMILES string of the molecule is CC(C)Cc1noc(C(=O)F)c1C(F)(F)F. The molecule has 0 N–H and O–H groups in total. The molecule has 0 aliphatic carbocycles. The molecule has 0 spiro atoms. The topological polar surface area (TPSA) is 43.1 Å². The maximum atomic E-state index is 12.5. The second-order valence-electron chi connectivity index (χ2n) is 3.70. The van der Waals surface area contributed by atoms with Crippen LogP contribution in [0.2, 0.25) is 0 Å². The van der Waals surface area contributed by atoms with Crippen LogP contribution in [0.4, 0.5) is 17.6 Å². The Bertz CT molecular complexity index is 395. The van der Waals surface area contributed by atoms with Crippen molar-refractivity contribution in [2.45, 2.75) is 26.4 Å². The Morgan fingerprint density at radius 1 is 1.44 bits per heavy atom. The van der Waals surface area contributed by atoms with Crippen LogP contribution < -0.4 is 0 Å². The number of alkyl halides is 3. The summed E-state index contributed by atoms with van der Waals surface area (Å²) in [6, 6.07) is -2.27. The second kappa shape index (κ2) is 4.23. The number of carbonyl (C=O) groups excluding carboxylic acids is 1. The van der Waals surface area contributed by atoms with E-state index in [2.05, 4.69) is 9.68 Å². The zero-order valence-corrected chi connectivity index (χ0v) is 8.56. The van der Waals surface area contributed by atoms with Crippen molar-refractivity contribution >= 4 is 6.04 Å². The summed E-state index contributed by atoms with van der Waals surface area (Å²) in [6.07, 6.45) is -4.88. The second-order valence-corrected chi connectivity index (χ2v) is 3.70. The van der Waals surface area contributed by atoms with Crippen molar-refractivity contribution < 1.29 is 26.9 Å². The van der Waals surface area contributed by atoms with Crippen molar-refractivity contribution in [2.75, 3.05) is 0 Å². The monoisotopic (exact) mass is 239 g/mol. The molecule has 1 aromatic rings. The maximum Gasteiger partial charge on any atom is 0.422 e. The number of hydrogen-bond donors (Lipinski definition) is 0. The summed E-state index contributed by atoms with van der Waals surface area (Å²) in [4.78, 5) is 10.3. The smallest absolute Gasteiger partial charge is 0.349 e. The van der Waals surface area contributed by atoms with E-state index in [1.165, 1.54) is 0 Å². The van der Waals surface area contributed by atoms with Gasteiger partial charge in [0.05, 0.1) is 5.69 Å². The molecule has 0 aliphatic heterocycles. The minimum absolute atomic E-state index is 0.0361. The predicted octanol–water partition coefficient (Wildman–Crippen LogP) is 3.00. The van der Waals surface area contributed by atoms with E-state index in [1.54, 1.807) is 13.8 Å². The average molecular weight is 239 g/mol. The van der Waals surface area contributed by atoms with Crippen molar-refractivity contribution in [3.05, 3.63) is 17.0 Å². The fourth-order valence-corrected chi connectivity index (χ4v) is 1.28. The molecule has 0 amide bonds. The quantitative estimate of drug-likeness (QED) is 0.601. The highest BCUT2D eigenvalue weighted by Crippen LogP contribution is 2.35. The lowest BCUT2D eigenvalue weighted by Crippen LogP contribution is -2.12. The fraction of sp³-hybridized carbons (Fsp3) is 0.556. The van der Waals surface area contributed by atoms with Crippen molar-refractivity contribution in [1.29, 1.82) is 0 Å². The highest BCUT2D eigenvalue weighted by Gasteiger charge is 2.42. The molecule has 0 bridgehead atoms. The average Bonchev–Trinajstić information content (AvgIpc) is 2.45. The first-order valence-corrected chi connectivity index (χ1v) is 4.49. The number of rotatable bonds is 3. The zero-order valence-electron chi connectivity index (χ0n) is 8.56. The molecule has 0 aliphatic rings. The van der Waals surface area contributed by atoms with Crippen LogP contribution in [0.15, 0.2) is 4.52 Å². The summed E-state index contributed by atoms with van der Waals surface area (Å²) >= 11 is 0. The van der Waals surface area contributed by atoms with Crippen LogP contribution >= 0.6 is 0 Å². The van der Waals surface area contributed by atoms with E-state index in [1.807, 2.05) is 0 Å². The van der Waals surface area contributed by atoms with Crippen molar-refractivity contribution in [3.63, 3.8) is 0 Å². The van der Waals surface area contributed by atoms with E-state index >= 15 is 0 Å². The molecule has 0 aromatic carbocycles. The highest BCUT2D eigenvalue weighted by atomic mass is 19.4. The number of nitrogens with zero attached hydrogens (tertiary/aromatic N) is 1. The Kier molecular flexibility index (Phi) is 3.35. The molecule has 7 heteroatoms. The molecule has 1 heterocycles. The van der Waals surface area contributed by atoms with Gasteiger partial charge in [0.25, 0.3) is 0 Å². The van der Waals surface area contributed by atoms with Crippen molar-refractivity contribution in [2.24, 2.45) is 5.92 Å². The van der Waals surface area contributed by atoms with Crippen LogP contribution in [0, 0.1) is 5.92 Å². The van der Waals surface area contributed by atoms with Crippen LogP contribution in [0.5, 0.6) is 0 Å². The molecule has 3 nitrogen and oxygen atoms in total. The third-order valence-electron chi connectivity index (χ3n) is 1.83. The molecular formula is C9H9F4NO2. The third kappa shape index (κ3) is 2.59. The zero-order chi connectivity index (χ0) is 12.5. The maximum absolute atomic E-state index is 12.5. The lowest BCUT2D eigenvalue weighted by atomic mass is 10.0. The van der Waals surface area contributed by atoms with Gasteiger partial charge in [0, 0.05) is 0 Å². The lowest BCUT2D eigenvalue weighted by Gasteiger charge is -2.07. The summed E-state index contributed by atoms with van der Waals surface area (Å²) < 4.78 is 54.0. The Morgan fingerprint density at radius 3 is 2.38 bits per heavy atom. The van der Waals surface area contributed by atoms with E-state index in [4.69, 9.17) is 0 Å². The molecule has 0 unspecified atom stereocenters. The first-order chi connectivity index (χ1) is 7.23. The lowest BCUT2D eigenvalue weighted by molar-refractivity contribution is -0.139. The Balaban J connectivity index is 3.25. The van der Waals surface area contributed by atoms with Crippen LogP contribution in [-0.4, -0.2) is 11.2 Å². The van der Waals surface area contributed by atoms with Gasteiger partial charge in [-0.25, -0.2) is 0 Å². The van der Waals surface area contributed by atoms with Crippen LogP contribution in [-0.2, 0) is 12.6 Å². The van der Waals surface area contributed by atoms with Crippen LogP contribution in [0.25, 0.3) is 0 Å². The van der Waals surface area contributed by atoms with Gasteiger partial charge in [-0.1, -0.05) is 19.0 Å². The summed E-state index contributed by atoms with van der Waals surface area (Å²) in [5.74, 6) is -1.49. The summed E-state index contributed by atoms with van der Waals surface area (Å²) in [6.45, 7) is 3.34. The number of aromatic nitrogens is 1. The van der Waals surface area contributed by atoms with E-state index < -0.39 is 29.2 Å². The summed E-state index contributed by atoms with van der Waals surface area (Å²) in [5.41, 5.74) is -1.85. The van der Waals surface area contributed by atoms with Crippen LogP contribution in [0.3, 0.4) is 0 Å². The molecule has 1 aromatic heterocycles. The number of carbonyl (C=O) groups is 1. The normalized spacial score (nSPS) is 12.2. The number of hydrogen-bond acceptors (Lipinski definition) is 3. The summed E-state index contributed by atoms with van der Waals surface area (Å²) in [5, 5.41) is 3.09.